The highest BCUT2D eigenvalue weighted by Crippen LogP contribution is 2.29. The van der Waals surface area contributed by atoms with Gasteiger partial charge < -0.3 is 14.4 Å². The number of esters is 1. The maximum Gasteiger partial charge on any atom is 0.305 e. The molecule has 176 valence electrons. The number of piperidine rings is 1. The van der Waals surface area contributed by atoms with Gasteiger partial charge in [-0.25, -0.2) is 0 Å². The van der Waals surface area contributed by atoms with E-state index in [0.29, 0.717) is 37.8 Å². The lowest BCUT2D eigenvalue weighted by Crippen LogP contribution is -2.46. The molecular formula is C26H38N2O4. The summed E-state index contributed by atoms with van der Waals surface area (Å²) < 4.78 is 10.5. The van der Waals surface area contributed by atoms with Crippen LogP contribution in [-0.2, 0) is 31.9 Å². The SMILES string of the molecule is COC(=O)CCCC(=O)N(CC1CCN(C2Cc3ccccc3C2)CC1)C[C@H]1CCCO1. The predicted molar refractivity (Wildman–Crippen MR) is 123 cm³/mol. The number of amides is 1. The van der Waals surface area contributed by atoms with Crippen molar-refractivity contribution in [1.29, 1.82) is 0 Å². The van der Waals surface area contributed by atoms with Crippen LogP contribution in [0.1, 0.15) is 56.1 Å². The molecule has 0 N–H and O–H groups in total. The third kappa shape index (κ3) is 6.10. The highest BCUT2D eigenvalue weighted by molar-refractivity contribution is 5.77. The van der Waals surface area contributed by atoms with Gasteiger partial charge in [0.05, 0.1) is 13.2 Å². The largest absolute Gasteiger partial charge is 0.469 e. The van der Waals surface area contributed by atoms with Gasteiger partial charge in [-0.15, -0.1) is 0 Å². The van der Waals surface area contributed by atoms with Gasteiger partial charge in [-0.2, -0.15) is 0 Å². The van der Waals surface area contributed by atoms with Gasteiger partial charge in [0.2, 0.25) is 5.91 Å². The molecule has 6 nitrogen and oxygen atoms in total. The maximum atomic E-state index is 13.0. The molecule has 0 saturated carbocycles. The van der Waals surface area contributed by atoms with Crippen molar-refractivity contribution in [2.75, 3.05) is 39.9 Å². The van der Waals surface area contributed by atoms with Gasteiger partial charge in [0.15, 0.2) is 0 Å². The molecule has 3 aliphatic rings. The lowest BCUT2D eigenvalue weighted by atomic mass is 9.94. The normalized spacial score (nSPS) is 22.1. The van der Waals surface area contributed by atoms with Crippen LogP contribution in [0.15, 0.2) is 24.3 Å². The summed E-state index contributed by atoms with van der Waals surface area (Å²) in [5, 5.41) is 0. The number of fused-ring (bicyclic) bond motifs is 1. The number of carbonyl (C=O) groups excluding carboxylic acids is 2. The van der Waals surface area contributed by atoms with E-state index < -0.39 is 0 Å². The van der Waals surface area contributed by atoms with E-state index in [4.69, 9.17) is 9.47 Å². The van der Waals surface area contributed by atoms with E-state index in [2.05, 4.69) is 29.2 Å². The van der Waals surface area contributed by atoms with Crippen LogP contribution >= 0.6 is 0 Å². The van der Waals surface area contributed by atoms with Crippen molar-refractivity contribution in [3.05, 3.63) is 35.4 Å². The van der Waals surface area contributed by atoms with Crippen molar-refractivity contribution in [3.63, 3.8) is 0 Å². The second-order valence-corrected chi connectivity index (χ2v) is 9.67. The zero-order valence-corrected chi connectivity index (χ0v) is 19.5. The first kappa shape index (κ1) is 23.2. The maximum absolute atomic E-state index is 13.0. The summed E-state index contributed by atoms with van der Waals surface area (Å²) in [5.74, 6) is 0.448. The number of nitrogens with zero attached hydrogens (tertiary/aromatic N) is 2. The van der Waals surface area contributed by atoms with Gasteiger partial charge in [0.1, 0.15) is 0 Å². The molecule has 0 radical (unpaired) electrons. The van der Waals surface area contributed by atoms with Gasteiger partial charge in [0.25, 0.3) is 0 Å². The fourth-order valence-electron chi connectivity index (χ4n) is 5.56. The zero-order valence-electron chi connectivity index (χ0n) is 19.5. The van der Waals surface area contributed by atoms with Crippen LogP contribution in [0.3, 0.4) is 0 Å². The number of rotatable bonds is 9. The summed E-state index contributed by atoms with van der Waals surface area (Å²) in [6, 6.07) is 9.49. The molecule has 2 aliphatic heterocycles. The van der Waals surface area contributed by atoms with Crippen molar-refractivity contribution in [3.8, 4) is 0 Å². The summed E-state index contributed by atoms with van der Waals surface area (Å²) in [7, 11) is 1.39. The zero-order chi connectivity index (χ0) is 22.3. The first-order valence-corrected chi connectivity index (χ1v) is 12.4. The van der Waals surface area contributed by atoms with Gasteiger partial charge in [-0.1, -0.05) is 24.3 Å². The summed E-state index contributed by atoms with van der Waals surface area (Å²) in [4.78, 5) is 29.1. The average molecular weight is 443 g/mol. The Morgan fingerprint density at radius 1 is 1.06 bits per heavy atom. The van der Waals surface area contributed by atoms with E-state index in [-0.39, 0.29) is 18.0 Å². The van der Waals surface area contributed by atoms with Crippen molar-refractivity contribution in [2.45, 2.75) is 69.9 Å². The molecule has 0 aromatic heterocycles. The molecule has 2 heterocycles. The van der Waals surface area contributed by atoms with E-state index in [1.54, 1.807) is 0 Å². The molecule has 4 rings (SSSR count). The lowest BCUT2D eigenvalue weighted by Gasteiger charge is -2.38. The summed E-state index contributed by atoms with van der Waals surface area (Å²) >= 11 is 0. The molecular weight excluding hydrogens is 404 g/mol. The number of benzene rings is 1. The second-order valence-electron chi connectivity index (χ2n) is 9.67. The molecule has 1 amide bonds. The summed E-state index contributed by atoms with van der Waals surface area (Å²) in [6.07, 6.45) is 8.16. The predicted octanol–water partition coefficient (Wildman–Crippen LogP) is 3.22. The fraction of sp³-hybridized carbons (Fsp3) is 0.692. The van der Waals surface area contributed by atoms with E-state index in [1.807, 2.05) is 4.90 Å². The minimum atomic E-state index is -0.245. The lowest BCUT2D eigenvalue weighted by molar-refractivity contribution is -0.141. The van der Waals surface area contributed by atoms with Crippen LogP contribution in [0.5, 0.6) is 0 Å². The molecule has 0 unspecified atom stereocenters. The monoisotopic (exact) mass is 442 g/mol. The molecule has 0 spiro atoms. The Labute approximate surface area is 192 Å². The van der Waals surface area contributed by atoms with Gasteiger partial charge in [-0.3, -0.25) is 14.5 Å². The highest BCUT2D eigenvalue weighted by atomic mass is 16.5. The average Bonchev–Trinajstić information content (AvgIpc) is 3.48. The third-order valence-electron chi connectivity index (χ3n) is 7.47. The fourth-order valence-corrected chi connectivity index (χ4v) is 5.56. The molecule has 32 heavy (non-hydrogen) atoms. The standard InChI is InChI=1S/C26H38N2O4/c1-31-26(30)10-4-9-25(29)28(19-24-8-5-15-32-24)18-20-11-13-27(14-12-20)23-16-21-6-2-3-7-22(21)17-23/h2-3,6-7,20,23-24H,4-5,8-19H2,1H3/t24-/m1/s1. The highest BCUT2D eigenvalue weighted by Gasteiger charge is 2.31. The number of likely N-dealkylation sites (tertiary alicyclic amines) is 1. The molecule has 0 bridgehead atoms. The van der Waals surface area contributed by atoms with Gasteiger partial charge in [-0.05, 0) is 75.1 Å². The summed E-state index contributed by atoms with van der Waals surface area (Å²) in [5.41, 5.74) is 3.03. The van der Waals surface area contributed by atoms with Crippen LogP contribution < -0.4 is 0 Å². The van der Waals surface area contributed by atoms with Crippen LogP contribution in [0, 0.1) is 5.92 Å². The topological polar surface area (TPSA) is 59.1 Å². The Bertz CT molecular complexity index is 744. The van der Waals surface area contributed by atoms with Crippen LogP contribution in [0.4, 0.5) is 0 Å². The Morgan fingerprint density at radius 3 is 2.41 bits per heavy atom. The van der Waals surface area contributed by atoms with Crippen molar-refractivity contribution < 1.29 is 19.1 Å². The third-order valence-corrected chi connectivity index (χ3v) is 7.47. The number of carbonyl (C=O) groups is 2. The van der Waals surface area contributed by atoms with Gasteiger partial charge >= 0.3 is 5.97 Å². The minimum absolute atomic E-state index is 0.151. The van der Waals surface area contributed by atoms with Crippen LogP contribution in [0.2, 0.25) is 0 Å². The Kier molecular flexibility index (Phi) is 8.20. The molecule has 1 aliphatic carbocycles. The van der Waals surface area contributed by atoms with Crippen LogP contribution in [-0.4, -0.2) is 73.7 Å². The number of ether oxygens (including phenoxy) is 2. The second kappa shape index (κ2) is 11.3. The van der Waals surface area contributed by atoms with E-state index >= 15 is 0 Å². The smallest absolute Gasteiger partial charge is 0.305 e. The van der Waals surface area contributed by atoms with Crippen LogP contribution in [0.25, 0.3) is 0 Å². The Balaban J connectivity index is 1.26. The molecule has 1 aromatic carbocycles. The van der Waals surface area contributed by atoms with Crippen molar-refractivity contribution in [1.82, 2.24) is 9.80 Å². The van der Waals surface area contributed by atoms with E-state index in [0.717, 1.165) is 51.9 Å². The first-order valence-electron chi connectivity index (χ1n) is 12.4. The Morgan fingerprint density at radius 2 is 1.78 bits per heavy atom. The number of hydrogen-bond donors (Lipinski definition) is 0. The van der Waals surface area contributed by atoms with E-state index in [1.165, 1.54) is 31.1 Å². The van der Waals surface area contributed by atoms with Crippen molar-refractivity contribution >= 4 is 11.9 Å². The molecule has 6 heteroatoms. The van der Waals surface area contributed by atoms with E-state index in [9.17, 15) is 9.59 Å². The molecule has 1 aromatic rings. The molecule has 2 fully saturated rings. The number of hydrogen-bond acceptors (Lipinski definition) is 5. The quantitative estimate of drug-likeness (QED) is 0.550. The van der Waals surface area contributed by atoms with Crippen molar-refractivity contribution in [2.24, 2.45) is 5.92 Å². The molecule has 1 atom stereocenters. The first-order chi connectivity index (χ1) is 15.6. The van der Waals surface area contributed by atoms with Gasteiger partial charge in [0, 0.05) is 38.6 Å². The minimum Gasteiger partial charge on any atom is -0.469 e. The molecule has 2 saturated heterocycles. The Hall–Kier alpha value is -1.92. The number of methoxy groups -OCH3 is 1. The summed E-state index contributed by atoms with van der Waals surface area (Å²) in [6.45, 7) is 4.54.